The predicted octanol–water partition coefficient (Wildman–Crippen LogP) is 3.67. The summed E-state index contributed by atoms with van der Waals surface area (Å²) in [7, 11) is -18.6. The minimum Gasteiger partial charge on any atom is -0.359 e. The third kappa shape index (κ3) is 9.01. The van der Waals surface area contributed by atoms with Crippen molar-refractivity contribution in [2.75, 3.05) is 0 Å². The van der Waals surface area contributed by atoms with Crippen molar-refractivity contribution in [2.45, 2.75) is 81.1 Å². The zero-order chi connectivity index (χ0) is 33.5. The molecule has 0 bridgehead atoms. The van der Waals surface area contributed by atoms with Crippen LogP contribution in [0.3, 0.4) is 0 Å². The molecule has 3 aliphatic rings. The standard InChI is InChI=1S/C13H10.2C7H12N2O5S2/c1-3-7-12-10(5-1)9-11-6-2-4-8-13(11)12;2*8-9-7(16(12,13)14)15(10,11)6-4-2-1-3-5-6/h1-8H,9H2;2*6H,1-5H2,(H,12,13,14). The Morgan fingerprint density at radius 1 is 0.556 bits per heavy atom. The maximum atomic E-state index is 11.7. The molecule has 3 aliphatic carbocycles. The van der Waals surface area contributed by atoms with Crippen LogP contribution in [0.15, 0.2) is 48.5 Å². The molecule has 0 atom stereocenters. The van der Waals surface area contributed by atoms with Crippen molar-refractivity contribution in [1.29, 1.82) is 0 Å². The molecule has 2 saturated carbocycles. The van der Waals surface area contributed by atoms with E-state index in [1.165, 1.54) is 22.3 Å². The van der Waals surface area contributed by atoms with Gasteiger partial charge in [-0.05, 0) is 54.4 Å². The second-order valence-corrected chi connectivity index (χ2v) is 18.3. The molecular weight excluding hydrogens is 669 g/mol. The fraction of sp³-hybridized carbons (Fsp3) is 0.481. The number of nitrogens with zero attached hydrogens (tertiary/aromatic N) is 4. The van der Waals surface area contributed by atoms with Gasteiger partial charge in [0, 0.05) is 0 Å². The average molecular weight is 703 g/mol. The van der Waals surface area contributed by atoms with E-state index in [4.69, 9.17) is 20.2 Å². The summed E-state index contributed by atoms with van der Waals surface area (Å²) >= 11 is 0. The van der Waals surface area contributed by atoms with Crippen molar-refractivity contribution in [2.24, 2.45) is 0 Å². The second-order valence-electron chi connectivity index (χ2n) is 10.8. The van der Waals surface area contributed by atoms with Gasteiger partial charge < -0.3 is 11.1 Å². The molecule has 0 amide bonds. The largest absolute Gasteiger partial charge is 0.520 e. The van der Waals surface area contributed by atoms with E-state index in [0.29, 0.717) is 51.4 Å². The number of rotatable bonds is 2. The Bertz CT molecular complexity index is 1790. The molecule has 0 unspecified atom stereocenters. The Morgan fingerprint density at radius 3 is 1.16 bits per heavy atom. The van der Waals surface area contributed by atoms with Crippen LogP contribution in [0, 0.1) is 0 Å². The lowest BCUT2D eigenvalue weighted by Gasteiger charge is -2.18. The van der Waals surface area contributed by atoms with Crippen molar-refractivity contribution in [1.82, 2.24) is 0 Å². The molecule has 2 N–H and O–H groups in total. The van der Waals surface area contributed by atoms with Crippen LogP contribution in [0.25, 0.3) is 22.2 Å². The van der Waals surface area contributed by atoms with Gasteiger partial charge in [-0.1, -0.05) is 87.1 Å². The van der Waals surface area contributed by atoms with Crippen LogP contribution in [0.5, 0.6) is 0 Å². The molecular formula is C27H34N4O10S4. The zero-order valence-corrected chi connectivity index (χ0v) is 27.4. The molecule has 0 aromatic heterocycles. The van der Waals surface area contributed by atoms with Gasteiger partial charge in [-0.25, -0.2) is 16.8 Å². The Balaban J connectivity index is 0.000000185. The summed E-state index contributed by atoms with van der Waals surface area (Å²) in [6.07, 6.45) is 6.85. The topological polar surface area (TPSA) is 250 Å². The van der Waals surface area contributed by atoms with E-state index in [-0.39, 0.29) is 0 Å². The summed E-state index contributed by atoms with van der Waals surface area (Å²) in [5, 5.41) is -1.79. The summed E-state index contributed by atoms with van der Waals surface area (Å²) < 4.78 is 104. The first-order valence-corrected chi connectivity index (χ1v) is 20.1. The molecule has 0 radical (unpaired) electrons. The first-order chi connectivity index (χ1) is 21.0. The summed E-state index contributed by atoms with van der Waals surface area (Å²) in [4.78, 5) is 4.39. The van der Waals surface area contributed by atoms with Crippen molar-refractivity contribution < 1.29 is 52.4 Å². The Kier molecular flexibility index (Phi) is 12.1. The highest BCUT2D eigenvalue weighted by molar-refractivity contribution is 8.29. The molecule has 5 rings (SSSR count). The Morgan fingerprint density at radius 2 is 0.867 bits per heavy atom. The van der Waals surface area contributed by atoms with E-state index in [9.17, 15) is 33.7 Å². The molecule has 2 fully saturated rings. The zero-order valence-electron chi connectivity index (χ0n) is 24.1. The first kappa shape index (κ1) is 36.4. The lowest BCUT2D eigenvalue weighted by Crippen LogP contribution is -2.35. The van der Waals surface area contributed by atoms with E-state index in [0.717, 1.165) is 19.3 Å². The van der Waals surface area contributed by atoms with Crippen LogP contribution in [-0.2, 0) is 46.3 Å². The first-order valence-electron chi connectivity index (χ1n) is 14.1. The van der Waals surface area contributed by atoms with Crippen LogP contribution < -0.4 is 0 Å². The van der Waals surface area contributed by atoms with Gasteiger partial charge in [0.15, 0.2) is 0 Å². The minimum absolute atomic E-state index is 0.316. The van der Waals surface area contributed by atoms with Gasteiger partial charge in [0.25, 0.3) is 19.7 Å². The minimum atomic E-state index is -5.01. The number of sulfone groups is 2. The molecule has 0 aliphatic heterocycles. The third-order valence-electron chi connectivity index (χ3n) is 7.78. The van der Waals surface area contributed by atoms with E-state index in [1.54, 1.807) is 0 Å². The molecule has 14 nitrogen and oxygen atoms in total. The Hall–Kier alpha value is -3.08. The highest BCUT2D eigenvalue weighted by Gasteiger charge is 2.47. The van der Waals surface area contributed by atoms with Gasteiger partial charge in [-0.2, -0.15) is 16.8 Å². The molecule has 0 saturated heterocycles. The summed E-state index contributed by atoms with van der Waals surface area (Å²) in [5.74, 6) is 0. The lowest BCUT2D eigenvalue weighted by atomic mass is 10.0. The normalized spacial score (nSPS) is 17.1. The maximum Gasteiger partial charge on any atom is 0.520 e. The van der Waals surface area contributed by atoms with Gasteiger partial charge in [-0.3, -0.25) is 9.11 Å². The monoisotopic (exact) mass is 702 g/mol. The summed E-state index contributed by atoms with van der Waals surface area (Å²) in [6.45, 7) is 0. The van der Waals surface area contributed by atoms with Crippen molar-refractivity contribution in [3.63, 3.8) is 0 Å². The van der Waals surface area contributed by atoms with Crippen LogP contribution in [0.1, 0.15) is 75.3 Å². The van der Waals surface area contributed by atoms with E-state index in [2.05, 4.69) is 58.1 Å². The molecule has 2 aromatic carbocycles. The SMILES string of the molecule is [N-]=[N+]=C(S(=O)(=O)O)S(=O)(=O)C1CCCCC1.[N-]=[N+]=C(S(=O)(=O)O)S(=O)(=O)C1CCCCC1.c1ccc2c(c1)Cc1ccccc1-2. The smallest absolute Gasteiger partial charge is 0.359 e. The fourth-order valence-corrected chi connectivity index (χ4v) is 11.7. The van der Waals surface area contributed by atoms with Crippen molar-refractivity contribution in [3.8, 4) is 11.1 Å². The van der Waals surface area contributed by atoms with Gasteiger partial charge >= 0.3 is 29.0 Å². The van der Waals surface area contributed by atoms with Crippen molar-refractivity contribution in [3.05, 3.63) is 70.7 Å². The van der Waals surface area contributed by atoms with Gasteiger partial charge in [0.05, 0.1) is 10.5 Å². The maximum absolute atomic E-state index is 11.7. The Labute approximate surface area is 263 Å². The molecule has 2 aromatic rings. The number of fused-ring (bicyclic) bond motifs is 3. The quantitative estimate of drug-likeness (QED) is 0.129. The second kappa shape index (κ2) is 15.0. The highest BCUT2D eigenvalue weighted by Crippen LogP contribution is 2.35. The molecule has 18 heteroatoms. The predicted molar refractivity (Wildman–Crippen MR) is 167 cm³/mol. The number of hydrogen-bond donors (Lipinski definition) is 2. The molecule has 0 heterocycles. The van der Waals surface area contributed by atoms with Gasteiger partial charge in [0.1, 0.15) is 0 Å². The van der Waals surface area contributed by atoms with Gasteiger partial charge in [0.2, 0.25) is 0 Å². The third-order valence-corrected chi connectivity index (χ3v) is 15.3. The van der Waals surface area contributed by atoms with Crippen LogP contribution in [0.4, 0.5) is 0 Å². The van der Waals surface area contributed by atoms with E-state index >= 15 is 0 Å². The molecule has 0 spiro atoms. The van der Waals surface area contributed by atoms with E-state index in [1.807, 2.05) is 0 Å². The van der Waals surface area contributed by atoms with E-state index < -0.39 is 59.2 Å². The van der Waals surface area contributed by atoms with Crippen LogP contribution in [-0.4, -0.2) is 71.6 Å². The lowest BCUT2D eigenvalue weighted by molar-refractivity contribution is 0.00278. The average Bonchev–Trinajstić information content (AvgIpc) is 3.36. The molecule has 246 valence electrons. The summed E-state index contributed by atoms with van der Waals surface area (Å²) in [6, 6.07) is 17.3. The fourth-order valence-electron chi connectivity index (χ4n) is 5.63. The molecule has 45 heavy (non-hydrogen) atoms. The number of benzene rings is 2. The van der Waals surface area contributed by atoms with Gasteiger partial charge in [-0.15, -0.1) is 9.58 Å². The summed E-state index contributed by atoms with van der Waals surface area (Å²) in [5.41, 5.74) is 22.5. The van der Waals surface area contributed by atoms with Crippen LogP contribution >= 0.6 is 0 Å². The van der Waals surface area contributed by atoms with Crippen LogP contribution in [0.2, 0.25) is 0 Å². The highest BCUT2D eigenvalue weighted by atomic mass is 32.3. The van der Waals surface area contributed by atoms with Crippen molar-refractivity contribution >= 4 is 48.7 Å². The number of hydrogen-bond acceptors (Lipinski definition) is 8.